The van der Waals surface area contributed by atoms with Crippen LogP contribution in [-0.4, -0.2) is 47.7 Å². The maximum atomic E-state index is 5.47. The Kier molecular flexibility index (Phi) is 7.77. The Bertz CT molecular complexity index is 357. The van der Waals surface area contributed by atoms with Crippen LogP contribution in [0.25, 0.3) is 0 Å². The van der Waals surface area contributed by atoms with Gasteiger partial charge in [0.2, 0.25) is 0 Å². The number of nitrogens with one attached hydrogen (secondary N) is 1. The van der Waals surface area contributed by atoms with Gasteiger partial charge < -0.3 is 24.3 Å². The molecule has 0 heterocycles. The zero-order valence-electron chi connectivity index (χ0n) is 11.9. The molecule has 0 amide bonds. The molecule has 5 heteroatoms. The van der Waals surface area contributed by atoms with E-state index in [9.17, 15) is 0 Å². The molecule has 0 spiro atoms. The van der Waals surface area contributed by atoms with Gasteiger partial charge in [-0.25, -0.2) is 0 Å². The molecule has 0 saturated heterocycles. The number of methoxy groups -OCH3 is 3. The van der Waals surface area contributed by atoms with Crippen molar-refractivity contribution in [2.45, 2.75) is 6.42 Å². The molecule has 1 aromatic carbocycles. The van der Waals surface area contributed by atoms with Gasteiger partial charge in [-0.05, 0) is 18.6 Å². The van der Waals surface area contributed by atoms with Crippen molar-refractivity contribution >= 4 is 5.69 Å². The molecule has 0 radical (unpaired) electrons. The van der Waals surface area contributed by atoms with E-state index in [-0.39, 0.29) is 0 Å². The molecule has 19 heavy (non-hydrogen) atoms. The minimum Gasteiger partial charge on any atom is -0.497 e. The average molecular weight is 269 g/mol. The first kappa shape index (κ1) is 15.6. The summed E-state index contributed by atoms with van der Waals surface area (Å²) in [5, 5.41) is 3.27. The highest BCUT2D eigenvalue weighted by molar-refractivity contribution is 5.59. The predicted molar refractivity (Wildman–Crippen MR) is 75.3 cm³/mol. The van der Waals surface area contributed by atoms with E-state index < -0.39 is 0 Å². The molecule has 1 aromatic rings. The number of anilines is 1. The summed E-state index contributed by atoms with van der Waals surface area (Å²) >= 11 is 0. The zero-order valence-corrected chi connectivity index (χ0v) is 11.9. The smallest absolute Gasteiger partial charge is 0.145 e. The standard InChI is InChI=1S/C14H23NO4/c1-16-8-4-9-19-10-7-15-13-6-5-12(17-2)11-14(13)18-3/h5-6,11,15H,4,7-10H2,1-3H3. The van der Waals surface area contributed by atoms with Gasteiger partial charge in [-0.3, -0.25) is 0 Å². The second-order valence-corrected chi connectivity index (χ2v) is 3.95. The summed E-state index contributed by atoms with van der Waals surface area (Å²) in [7, 11) is 4.97. The number of benzene rings is 1. The van der Waals surface area contributed by atoms with Crippen molar-refractivity contribution in [3.05, 3.63) is 18.2 Å². The van der Waals surface area contributed by atoms with Gasteiger partial charge in [0.05, 0.1) is 26.5 Å². The topological polar surface area (TPSA) is 49.0 Å². The van der Waals surface area contributed by atoms with Gasteiger partial charge in [-0.2, -0.15) is 0 Å². The third kappa shape index (κ3) is 5.81. The van der Waals surface area contributed by atoms with E-state index in [4.69, 9.17) is 18.9 Å². The lowest BCUT2D eigenvalue weighted by Gasteiger charge is -2.12. The van der Waals surface area contributed by atoms with Crippen molar-refractivity contribution < 1.29 is 18.9 Å². The van der Waals surface area contributed by atoms with Crippen LogP contribution in [0.3, 0.4) is 0 Å². The van der Waals surface area contributed by atoms with Crippen LogP contribution in [-0.2, 0) is 9.47 Å². The summed E-state index contributed by atoms with van der Waals surface area (Å²) < 4.78 is 20.9. The van der Waals surface area contributed by atoms with Crippen LogP contribution in [0.2, 0.25) is 0 Å². The second-order valence-electron chi connectivity index (χ2n) is 3.95. The number of ether oxygens (including phenoxy) is 4. The molecule has 0 fully saturated rings. The number of hydrogen-bond acceptors (Lipinski definition) is 5. The van der Waals surface area contributed by atoms with Gasteiger partial charge in [0.1, 0.15) is 11.5 Å². The summed E-state index contributed by atoms with van der Waals surface area (Å²) in [6, 6.07) is 5.68. The Morgan fingerprint density at radius 2 is 1.84 bits per heavy atom. The lowest BCUT2D eigenvalue weighted by Crippen LogP contribution is -2.11. The fourth-order valence-electron chi connectivity index (χ4n) is 1.61. The monoisotopic (exact) mass is 269 g/mol. The van der Waals surface area contributed by atoms with Gasteiger partial charge in [0.25, 0.3) is 0 Å². The van der Waals surface area contributed by atoms with Gasteiger partial charge in [-0.15, -0.1) is 0 Å². The summed E-state index contributed by atoms with van der Waals surface area (Å²) in [6.45, 7) is 2.84. The minimum atomic E-state index is 0.652. The van der Waals surface area contributed by atoms with Crippen molar-refractivity contribution in [1.29, 1.82) is 0 Å². The second kappa shape index (κ2) is 9.47. The Hall–Kier alpha value is -1.46. The highest BCUT2D eigenvalue weighted by Gasteiger charge is 2.03. The molecule has 0 bridgehead atoms. The molecule has 1 rings (SSSR count). The molecule has 0 atom stereocenters. The van der Waals surface area contributed by atoms with E-state index >= 15 is 0 Å². The van der Waals surface area contributed by atoms with Crippen molar-refractivity contribution in [3.63, 3.8) is 0 Å². The minimum absolute atomic E-state index is 0.652. The normalized spacial score (nSPS) is 10.3. The zero-order chi connectivity index (χ0) is 13.9. The molecule has 0 aromatic heterocycles. The van der Waals surface area contributed by atoms with E-state index in [1.54, 1.807) is 21.3 Å². The quantitative estimate of drug-likeness (QED) is 0.660. The van der Waals surface area contributed by atoms with Crippen molar-refractivity contribution in [3.8, 4) is 11.5 Å². The maximum Gasteiger partial charge on any atom is 0.145 e. The van der Waals surface area contributed by atoms with Crippen LogP contribution < -0.4 is 14.8 Å². The van der Waals surface area contributed by atoms with E-state index in [1.165, 1.54) is 0 Å². The Balaban J connectivity index is 2.28. The van der Waals surface area contributed by atoms with Crippen LogP contribution in [0.5, 0.6) is 11.5 Å². The maximum absolute atomic E-state index is 5.47. The van der Waals surface area contributed by atoms with Gasteiger partial charge in [-0.1, -0.05) is 0 Å². The molecular formula is C14H23NO4. The SMILES string of the molecule is COCCCOCCNc1ccc(OC)cc1OC. The highest BCUT2D eigenvalue weighted by atomic mass is 16.5. The molecule has 0 aliphatic heterocycles. The average Bonchev–Trinajstić information content (AvgIpc) is 2.46. The third-order valence-electron chi connectivity index (χ3n) is 2.61. The lowest BCUT2D eigenvalue weighted by atomic mass is 10.2. The summed E-state index contributed by atoms with van der Waals surface area (Å²) in [6.07, 6.45) is 0.919. The van der Waals surface area contributed by atoms with Crippen LogP contribution in [0.4, 0.5) is 5.69 Å². The van der Waals surface area contributed by atoms with Crippen molar-refractivity contribution in [2.24, 2.45) is 0 Å². The van der Waals surface area contributed by atoms with Gasteiger partial charge in [0, 0.05) is 32.9 Å². The molecule has 108 valence electrons. The molecule has 0 aliphatic carbocycles. The van der Waals surface area contributed by atoms with Gasteiger partial charge in [0.15, 0.2) is 0 Å². The van der Waals surface area contributed by atoms with Crippen LogP contribution >= 0.6 is 0 Å². The van der Waals surface area contributed by atoms with Crippen LogP contribution in [0, 0.1) is 0 Å². The molecule has 1 N–H and O–H groups in total. The van der Waals surface area contributed by atoms with E-state index in [2.05, 4.69) is 5.32 Å². The summed E-state index contributed by atoms with van der Waals surface area (Å²) in [5.74, 6) is 1.54. The first-order valence-corrected chi connectivity index (χ1v) is 6.34. The summed E-state index contributed by atoms with van der Waals surface area (Å²) in [5.41, 5.74) is 0.934. The summed E-state index contributed by atoms with van der Waals surface area (Å²) in [4.78, 5) is 0. The fraction of sp³-hybridized carbons (Fsp3) is 0.571. The first-order valence-electron chi connectivity index (χ1n) is 6.34. The number of hydrogen-bond donors (Lipinski definition) is 1. The lowest BCUT2D eigenvalue weighted by molar-refractivity contribution is 0.109. The largest absolute Gasteiger partial charge is 0.497 e. The van der Waals surface area contributed by atoms with Crippen LogP contribution in [0.15, 0.2) is 18.2 Å². The van der Waals surface area contributed by atoms with E-state index in [0.717, 1.165) is 43.4 Å². The highest BCUT2D eigenvalue weighted by Crippen LogP contribution is 2.28. The van der Waals surface area contributed by atoms with Gasteiger partial charge >= 0.3 is 0 Å². The fourth-order valence-corrected chi connectivity index (χ4v) is 1.61. The molecule has 5 nitrogen and oxygen atoms in total. The molecule has 0 aliphatic rings. The third-order valence-corrected chi connectivity index (χ3v) is 2.61. The van der Waals surface area contributed by atoms with Crippen LogP contribution in [0.1, 0.15) is 6.42 Å². The first-order chi connectivity index (χ1) is 9.31. The number of rotatable bonds is 10. The molecule has 0 unspecified atom stereocenters. The predicted octanol–water partition coefficient (Wildman–Crippen LogP) is 2.17. The van der Waals surface area contributed by atoms with E-state index in [1.807, 2.05) is 18.2 Å². The molecular weight excluding hydrogens is 246 g/mol. The Labute approximate surface area is 114 Å². The van der Waals surface area contributed by atoms with Crippen molar-refractivity contribution in [2.75, 3.05) is 53.0 Å². The Morgan fingerprint density at radius 3 is 2.53 bits per heavy atom. The Morgan fingerprint density at radius 1 is 1.00 bits per heavy atom. The van der Waals surface area contributed by atoms with E-state index in [0.29, 0.717) is 6.61 Å². The van der Waals surface area contributed by atoms with Crippen molar-refractivity contribution in [1.82, 2.24) is 0 Å². The molecule has 0 saturated carbocycles.